The Morgan fingerprint density at radius 3 is 2.47 bits per heavy atom. The van der Waals surface area contributed by atoms with E-state index in [1.165, 1.54) is 0 Å². The number of hydrogen-bond donors (Lipinski definition) is 1. The number of nitrogens with two attached hydrogens (primary N) is 1. The zero-order chi connectivity index (χ0) is 11.4. The lowest BCUT2D eigenvalue weighted by Crippen LogP contribution is -2.12. The van der Waals surface area contributed by atoms with Crippen LogP contribution in [0.2, 0.25) is 0 Å². The summed E-state index contributed by atoms with van der Waals surface area (Å²) in [6.07, 6.45) is 0. The number of hydrogen-bond acceptors (Lipinski definition) is 4. The Balaban J connectivity index is 2.92. The molecule has 1 rings (SSSR count). The van der Waals surface area contributed by atoms with Gasteiger partial charge in [-0.3, -0.25) is 0 Å². The van der Waals surface area contributed by atoms with E-state index in [9.17, 15) is 0 Å². The summed E-state index contributed by atoms with van der Waals surface area (Å²) in [5, 5.41) is 8.06. The van der Waals surface area contributed by atoms with Crippen molar-refractivity contribution in [1.82, 2.24) is 10.2 Å². The highest BCUT2D eigenvalue weighted by atomic mass is 16.5. The Bertz CT molecular complexity index is 337. The smallest absolute Gasteiger partial charge is 0.238 e. The van der Waals surface area contributed by atoms with Gasteiger partial charge < -0.3 is 10.5 Å². The number of nitrogens with zero attached hydrogens (tertiary/aromatic N) is 2. The molecule has 0 spiro atoms. The molecule has 0 amide bonds. The van der Waals surface area contributed by atoms with Gasteiger partial charge in [0.25, 0.3) is 0 Å². The molecule has 2 N–H and O–H groups in total. The maximum absolute atomic E-state index is 5.68. The molecule has 0 bridgehead atoms. The van der Waals surface area contributed by atoms with Crippen molar-refractivity contribution in [2.75, 3.05) is 6.61 Å². The summed E-state index contributed by atoms with van der Waals surface area (Å²) < 4.78 is 5.57. The van der Waals surface area contributed by atoms with Gasteiger partial charge in [0.15, 0.2) is 0 Å². The minimum Gasteiger partial charge on any atom is -0.476 e. The highest BCUT2D eigenvalue weighted by Gasteiger charge is 2.11. The van der Waals surface area contributed by atoms with Crippen LogP contribution in [-0.4, -0.2) is 16.8 Å². The average Bonchev–Trinajstić information content (AvgIpc) is 2.19. The van der Waals surface area contributed by atoms with E-state index < -0.39 is 0 Å². The molecular formula is C11H19N3O. The van der Waals surface area contributed by atoms with Crippen molar-refractivity contribution in [2.45, 2.75) is 34.2 Å². The second-order valence-electron chi connectivity index (χ2n) is 4.10. The molecule has 1 aromatic rings. The maximum atomic E-state index is 5.68. The predicted octanol–water partition coefficient (Wildman–Crippen LogP) is 1.59. The molecule has 0 unspecified atom stereocenters. The first-order valence-electron chi connectivity index (χ1n) is 5.21. The van der Waals surface area contributed by atoms with Crippen LogP contribution < -0.4 is 10.5 Å². The Hall–Kier alpha value is -1.16. The van der Waals surface area contributed by atoms with Gasteiger partial charge >= 0.3 is 0 Å². The van der Waals surface area contributed by atoms with E-state index in [4.69, 9.17) is 10.5 Å². The zero-order valence-electron chi connectivity index (χ0n) is 9.87. The van der Waals surface area contributed by atoms with Gasteiger partial charge in [-0.1, -0.05) is 13.8 Å². The normalized spacial score (nSPS) is 10.8. The Morgan fingerprint density at radius 2 is 1.93 bits per heavy atom. The molecule has 0 fully saturated rings. The molecule has 0 aliphatic carbocycles. The fraction of sp³-hybridized carbons (Fsp3) is 0.636. The molecule has 0 aliphatic rings. The topological polar surface area (TPSA) is 61.0 Å². The fourth-order valence-electron chi connectivity index (χ4n) is 1.24. The minimum atomic E-state index is 0.440. The number of ether oxygens (including phenoxy) is 1. The van der Waals surface area contributed by atoms with Gasteiger partial charge in [-0.25, -0.2) is 0 Å². The summed E-state index contributed by atoms with van der Waals surface area (Å²) in [4.78, 5) is 0. The van der Waals surface area contributed by atoms with Crippen molar-refractivity contribution in [3.05, 3.63) is 16.8 Å². The molecule has 84 valence electrons. The predicted molar refractivity (Wildman–Crippen MR) is 59.7 cm³/mol. The van der Waals surface area contributed by atoms with Crippen molar-refractivity contribution in [3.8, 4) is 5.88 Å². The van der Waals surface area contributed by atoms with Gasteiger partial charge in [0.2, 0.25) is 5.88 Å². The van der Waals surface area contributed by atoms with Gasteiger partial charge in [0.05, 0.1) is 12.3 Å². The highest BCUT2D eigenvalue weighted by molar-refractivity contribution is 5.34. The van der Waals surface area contributed by atoms with Crippen molar-refractivity contribution in [1.29, 1.82) is 0 Å². The van der Waals surface area contributed by atoms with Crippen LogP contribution in [0.1, 0.15) is 30.7 Å². The van der Waals surface area contributed by atoms with Crippen LogP contribution in [0.25, 0.3) is 0 Å². The molecule has 0 aliphatic heterocycles. The second-order valence-corrected chi connectivity index (χ2v) is 4.10. The third-order valence-electron chi connectivity index (χ3n) is 2.30. The molecule has 1 heterocycles. The third kappa shape index (κ3) is 2.89. The van der Waals surface area contributed by atoms with E-state index in [1.54, 1.807) is 0 Å². The molecule has 0 atom stereocenters. The van der Waals surface area contributed by atoms with Crippen molar-refractivity contribution >= 4 is 0 Å². The largest absolute Gasteiger partial charge is 0.476 e. The summed E-state index contributed by atoms with van der Waals surface area (Å²) in [5.74, 6) is 1.05. The van der Waals surface area contributed by atoms with Gasteiger partial charge in [-0.15, -0.1) is 5.10 Å². The van der Waals surface area contributed by atoms with Gasteiger partial charge in [0, 0.05) is 12.1 Å². The van der Waals surface area contributed by atoms with E-state index in [-0.39, 0.29) is 0 Å². The molecule has 0 saturated carbocycles. The van der Waals surface area contributed by atoms with Crippen LogP contribution in [0.15, 0.2) is 0 Å². The van der Waals surface area contributed by atoms with Crippen molar-refractivity contribution < 1.29 is 4.74 Å². The van der Waals surface area contributed by atoms with Crippen LogP contribution in [-0.2, 0) is 6.54 Å². The van der Waals surface area contributed by atoms with Crippen LogP contribution in [0.3, 0.4) is 0 Å². The molecule has 15 heavy (non-hydrogen) atoms. The fourth-order valence-corrected chi connectivity index (χ4v) is 1.24. The zero-order valence-corrected chi connectivity index (χ0v) is 9.87. The Morgan fingerprint density at radius 1 is 1.27 bits per heavy atom. The highest BCUT2D eigenvalue weighted by Crippen LogP contribution is 2.20. The number of aromatic nitrogens is 2. The minimum absolute atomic E-state index is 0.440. The van der Waals surface area contributed by atoms with Gasteiger partial charge in [0.1, 0.15) is 0 Å². The molecule has 0 radical (unpaired) electrons. The molecule has 0 aromatic carbocycles. The lowest BCUT2D eigenvalue weighted by atomic mass is 10.1. The lowest BCUT2D eigenvalue weighted by Gasteiger charge is -2.13. The van der Waals surface area contributed by atoms with E-state index in [1.807, 2.05) is 13.8 Å². The lowest BCUT2D eigenvalue weighted by molar-refractivity contribution is 0.255. The van der Waals surface area contributed by atoms with Crippen molar-refractivity contribution in [3.63, 3.8) is 0 Å². The standard InChI is InChI=1S/C11H19N3O/c1-7(2)6-15-11-10(5-12)8(3)9(4)13-14-11/h7H,5-6,12H2,1-4H3. The average molecular weight is 209 g/mol. The SMILES string of the molecule is Cc1nnc(OCC(C)C)c(CN)c1C. The number of aryl methyl sites for hydroxylation is 1. The number of rotatable bonds is 4. The quantitative estimate of drug-likeness (QED) is 0.818. The summed E-state index contributed by atoms with van der Waals surface area (Å²) in [6, 6.07) is 0. The van der Waals surface area contributed by atoms with Crippen LogP contribution in [0, 0.1) is 19.8 Å². The molecular weight excluding hydrogens is 190 g/mol. The van der Waals surface area contributed by atoms with E-state index >= 15 is 0 Å². The molecule has 4 heteroatoms. The Labute approximate surface area is 90.8 Å². The summed E-state index contributed by atoms with van der Waals surface area (Å²) >= 11 is 0. The van der Waals surface area contributed by atoms with E-state index in [0.29, 0.717) is 24.9 Å². The molecule has 1 aromatic heterocycles. The van der Waals surface area contributed by atoms with Gasteiger partial charge in [-0.2, -0.15) is 5.10 Å². The summed E-state index contributed by atoms with van der Waals surface area (Å²) in [6.45, 7) is 9.19. The summed E-state index contributed by atoms with van der Waals surface area (Å²) in [7, 11) is 0. The maximum Gasteiger partial charge on any atom is 0.238 e. The van der Waals surface area contributed by atoms with Crippen LogP contribution in [0.5, 0.6) is 5.88 Å². The van der Waals surface area contributed by atoms with E-state index in [0.717, 1.165) is 16.8 Å². The first kappa shape index (κ1) is 11.9. The molecule has 4 nitrogen and oxygen atoms in total. The van der Waals surface area contributed by atoms with Crippen LogP contribution in [0.4, 0.5) is 0 Å². The first-order chi connectivity index (χ1) is 7.06. The summed E-state index contributed by atoms with van der Waals surface area (Å²) in [5.41, 5.74) is 8.63. The Kier molecular flexibility index (Phi) is 4.03. The van der Waals surface area contributed by atoms with Crippen LogP contribution >= 0.6 is 0 Å². The molecule has 0 saturated heterocycles. The van der Waals surface area contributed by atoms with Crippen molar-refractivity contribution in [2.24, 2.45) is 11.7 Å². The third-order valence-corrected chi connectivity index (χ3v) is 2.30. The van der Waals surface area contributed by atoms with Gasteiger partial charge in [-0.05, 0) is 25.3 Å². The monoisotopic (exact) mass is 209 g/mol. The first-order valence-corrected chi connectivity index (χ1v) is 5.21. The second kappa shape index (κ2) is 5.07. The van der Waals surface area contributed by atoms with E-state index in [2.05, 4.69) is 24.0 Å².